The van der Waals surface area contributed by atoms with Gasteiger partial charge >= 0.3 is 11.9 Å². The van der Waals surface area contributed by atoms with E-state index in [0.717, 1.165) is 5.56 Å². The van der Waals surface area contributed by atoms with Crippen LogP contribution >= 0.6 is 0 Å². The third-order valence-corrected chi connectivity index (χ3v) is 2.88. The normalized spacial score (nSPS) is 10.6. The Morgan fingerprint density at radius 1 is 1.14 bits per heavy atom. The summed E-state index contributed by atoms with van der Waals surface area (Å²) in [5.41, 5.74) is 0.810. The van der Waals surface area contributed by atoms with Crippen LogP contribution in [0.1, 0.15) is 26.5 Å². The zero-order valence-corrected chi connectivity index (χ0v) is 12.2. The summed E-state index contributed by atoms with van der Waals surface area (Å²) in [6.07, 6.45) is 3.68. The van der Waals surface area contributed by atoms with Gasteiger partial charge in [0.25, 0.3) is 0 Å². The second-order valence-electron chi connectivity index (χ2n) is 4.26. The second-order valence-corrected chi connectivity index (χ2v) is 4.26. The molecule has 0 aliphatic heterocycles. The van der Waals surface area contributed by atoms with Crippen LogP contribution in [0.2, 0.25) is 0 Å². The summed E-state index contributed by atoms with van der Waals surface area (Å²) in [6, 6.07) is 9.65. The Morgan fingerprint density at radius 3 is 2.45 bits per heavy atom. The maximum Gasteiger partial charge on any atom is 0.361 e. The predicted molar refractivity (Wildman–Crippen MR) is 78.2 cm³/mol. The number of hydrogen-bond acceptors (Lipinski definition) is 6. The predicted octanol–water partition coefficient (Wildman–Crippen LogP) is 1.56. The Labute approximate surface area is 127 Å². The van der Waals surface area contributed by atoms with Crippen LogP contribution in [0.4, 0.5) is 0 Å². The number of ether oxygens (including phenoxy) is 2. The van der Waals surface area contributed by atoms with E-state index in [9.17, 15) is 9.59 Å². The minimum absolute atomic E-state index is 0.0351. The number of rotatable bonds is 5. The third-order valence-electron chi connectivity index (χ3n) is 2.88. The van der Waals surface area contributed by atoms with Crippen LogP contribution in [-0.2, 0) is 16.0 Å². The number of nitrogens with zero attached hydrogens (tertiary/aromatic N) is 3. The van der Waals surface area contributed by atoms with Crippen LogP contribution in [-0.4, -0.2) is 41.2 Å². The molecule has 0 radical (unpaired) electrons. The molecule has 0 unspecified atom stereocenters. The van der Waals surface area contributed by atoms with E-state index in [2.05, 4.69) is 19.8 Å². The number of hydrogen-bond donors (Lipinski definition) is 0. The zero-order valence-electron chi connectivity index (χ0n) is 12.2. The number of carbonyl (C=O) groups is 2. The van der Waals surface area contributed by atoms with Crippen molar-refractivity contribution < 1.29 is 19.1 Å². The molecule has 0 bridgehead atoms. The smallest absolute Gasteiger partial charge is 0.361 e. The Kier molecular flexibility index (Phi) is 5.02. The Balaban J connectivity index is 2.24. The van der Waals surface area contributed by atoms with E-state index in [1.165, 1.54) is 18.9 Å². The topological polar surface area (TPSA) is 83.3 Å². The molecule has 1 heterocycles. The molecule has 7 heteroatoms. The second kappa shape index (κ2) is 7.16. The molecular weight excluding hydrogens is 286 g/mol. The zero-order chi connectivity index (χ0) is 15.9. The third kappa shape index (κ3) is 3.38. The fourth-order valence-electron chi connectivity index (χ4n) is 1.83. The summed E-state index contributed by atoms with van der Waals surface area (Å²) in [5, 5.41) is 7.48. The SMILES string of the molecule is COC(=O)c1nnn(C/C=C/c2ccccc2)c1C(=O)OC. The Bertz CT molecular complexity index is 692. The van der Waals surface area contributed by atoms with Gasteiger partial charge in [-0.3, -0.25) is 0 Å². The maximum absolute atomic E-state index is 11.8. The van der Waals surface area contributed by atoms with Gasteiger partial charge in [-0.05, 0) is 5.56 Å². The number of aromatic nitrogens is 3. The lowest BCUT2D eigenvalue weighted by Gasteiger charge is -2.03. The van der Waals surface area contributed by atoms with Crippen LogP contribution in [0.25, 0.3) is 6.08 Å². The van der Waals surface area contributed by atoms with E-state index in [4.69, 9.17) is 0 Å². The number of carbonyl (C=O) groups excluding carboxylic acids is 2. The highest BCUT2D eigenvalue weighted by atomic mass is 16.5. The van der Waals surface area contributed by atoms with Crippen LogP contribution in [0.5, 0.6) is 0 Å². The number of benzene rings is 1. The van der Waals surface area contributed by atoms with Gasteiger partial charge in [0.15, 0.2) is 5.69 Å². The average Bonchev–Trinajstić information content (AvgIpc) is 2.98. The average molecular weight is 301 g/mol. The molecule has 0 N–H and O–H groups in total. The van der Waals surface area contributed by atoms with E-state index < -0.39 is 11.9 Å². The van der Waals surface area contributed by atoms with Crippen molar-refractivity contribution in [3.63, 3.8) is 0 Å². The molecule has 0 saturated carbocycles. The lowest BCUT2D eigenvalue weighted by Crippen LogP contribution is -2.16. The fraction of sp³-hybridized carbons (Fsp3) is 0.200. The van der Waals surface area contributed by atoms with Crippen molar-refractivity contribution in [1.29, 1.82) is 0 Å². The summed E-state index contributed by atoms with van der Waals surface area (Å²) in [7, 11) is 2.43. The number of allylic oxidation sites excluding steroid dienone is 1. The van der Waals surface area contributed by atoms with E-state index in [1.54, 1.807) is 6.08 Å². The maximum atomic E-state index is 11.8. The standard InChI is InChI=1S/C15H15N3O4/c1-21-14(19)12-13(15(20)22-2)18(17-16-12)10-6-9-11-7-4-3-5-8-11/h3-9H,10H2,1-2H3/b9-6+. The minimum Gasteiger partial charge on any atom is -0.464 e. The molecule has 2 rings (SSSR count). The molecule has 0 spiro atoms. The molecule has 7 nitrogen and oxygen atoms in total. The quantitative estimate of drug-likeness (QED) is 0.779. The van der Waals surface area contributed by atoms with Crippen molar-refractivity contribution >= 4 is 18.0 Å². The van der Waals surface area contributed by atoms with E-state index in [0.29, 0.717) is 0 Å². The van der Waals surface area contributed by atoms with Crippen LogP contribution in [0.3, 0.4) is 0 Å². The summed E-state index contributed by atoms with van der Waals surface area (Å²) in [6.45, 7) is 0.267. The number of esters is 2. The van der Waals surface area contributed by atoms with Gasteiger partial charge in [0.1, 0.15) is 0 Å². The Hall–Kier alpha value is -2.96. The van der Waals surface area contributed by atoms with Gasteiger partial charge in [-0.25, -0.2) is 14.3 Å². The largest absolute Gasteiger partial charge is 0.464 e. The summed E-state index contributed by atoms with van der Waals surface area (Å²) >= 11 is 0. The molecule has 0 saturated heterocycles. The van der Waals surface area contributed by atoms with Gasteiger partial charge in [-0.15, -0.1) is 5.10 Å². The highest BCUT2D eigenvalue weighted by Gasteiger charge is 2.26. The van der Waals surface area contributed by atoms with Crippen molar-refractivity contribution in [2.75, 3.05) is 14.2 Å². The lowest BCUT2D eigenvalue weighted by molar-refractivity contribution is 0.0544. The van der Waals surface area contributed by atoms with Gasteiger partial charge in [-0.1, -0.05) is 47.7 Å². The highest BCUT2D eigenvalue weighted by molar-refractivity contribution is 6.00. The molecule has 1 aromatic heterocycles. The van der Waals surface area contributed by atoms with Gasteiger partial charge in [0.05, 0.1) is 20.8 Å². The molecule has 0 amide bonds. The molecular formula is C15H15N3O4. The lowest BCUT2D eigenvalue weighted by atomic mass is 10.2. The van der Waals surface area contributed by atoms with Crippen molar-refractivity contribution in [3.05, 3.63) is 53.4 Å². The van der Waals surface area contributed by atoms with Gasteiger partial charge in [0.2, 0.25) is 5.69 Å². The monoisotopic (exact) mass is 301 g/mol. The van der Waals surface area contributed by atoms with Crippen LogP contribution in [0.15, 0.2) is 36.4 Å². The Morgan fingerprint density at radius 2 is 1.82 bits per heavy atom. The summed E-state index contributed by atoms with van der Waals surface area (Å²) in [4.78, 5) is 23.4. The van der Waals surface area contributed by atoms with E-state index in [1.807, 2.05) is 36.4 Å². The van der Waals surface area contributed by atoms with E-state index in [-0.39, 0.29) is 17.9 Å². The minimum atomic E-state index is -0.737. The molecule has 114 valence electrons. The first-order chi connectivity index (χ1) is 10.7. The fourth-order valence-corrected chi connectivity index (χ4v) is 1.83. The highest BCUT2D eigenvalue weighted by Crippen LogP contribution is 2.10. The first kappa shape index (κ1) is 15.4. The number of methoxy groups -OCH3 is 2. The summed E-state index contributed by atoms with van der Waals surface area (Å²) < 4.78 is 10.5. The van der Waals surface area contributed by atoms with Crippen molar-refractivity contribution in [2.45, 2.75) is 6.54 Å². The first-order valence-corrected chi connectivity index (χ1v) is 6.49. The van der Waals surface area contributed by atoms with Gasteiger partial charge < -0.3 is 9.47 Å². The van der Waals surface area contributed by atoms with Crippen molar-refractivity contribution in [1.82, 2.24) is 15.0 Å². The first-order valence-electron chi connectivity index (χ1n) is 6.49. The van der Waals surface area contributed by atoms with Crippen LogP contribution in [0, 0.1) is 0 Å². The van der Waals surface area contributed by atoms with Gasteiger partial charge in [0, 0.05) is 0 Å². The molecule has 22 heavy (non-hydrogen) atoms. The molecule has 1 aromatic carbocycles. The molecule has 0 aliphatic rings. The van der Waals surface area contributed by atoms with E-state index >= 15 is 0 Å². The molecule has 0 aliphatic carbocycles. The van der Waals surface area contributed by atoms with Crippen molar-refractivity contribution in [3.8, 4) is 0 Å². The molecule has 0 fully saturated rings. The molecule has 0 atom stereocenters. The van der Waals surface area contributed by atoms with Crippen molar-refractivity contribution in [2.24, 2.45) is 0 Å². The summed E-state index contributed by atoms with van der Waals surface area (Å²) in [5.74, 6) is -1.43. The molecule has 2 aromatic rings. The van der Waals surface area contributed by atoms with Gasteiger partial charge in [-0.2, -0.15) is 0 Å². The van der Waals surface area contributed by atoms with Crippen LogP contribution < -0.4 is 0 Å².